The van der Waals surface area contributed by atoms with E-state index in [1.807, 2.05) is 66.7 Å². The topological polar surface area (TPSA) is 81.8 Å². The number of nitrogens with one attached hydrogen (secondary N) is 2. The number of piperidine rings is 1. The molecular formula is C32H38N4O3. The molecule has 3 aromatic carbocycles. The van der Waals surface area contributed by atoms with Gasteiger partial charge in [0.15, 0.2) is 0 Å². The summed E-state index contributed by atoms with van der Waals surface area (Å²) in [4.78, 5) is 43.5. The summed E-state index contributed by atoms with van der Waals surface area (Å²) in [6.07, 6.45) is 4.03. The molecule has 3 aromatic rings. The fraction of sp³-hybridized carbons (Fsp3) is 0.344. The summed E-state index contributed by atoms with van der Waals surface area (Å²) in [7, 11) is 4.91. The number of hydrogen-bond acceptors (Lipinski definition) is 4. The first-order valence-electron chi connectivity index (χ1n) is 13.5. The monoisotopic (exact) mass is 526 g/mol. The molecule has 2 unspecified atom stereocenters. The maximum absolute atomic E-state index is 14.1. The van der Waals surface area contributed by atoms with Gasteiger partial charge in [-0.1, -0.05) is 78.4 Å². The predicted molar refractivity (Wildman–Crippen MR) is 155 cm³/mol. The van der Waals surface area contributed by atoms with E-state index in [0.29, 0.717) is 12.8 Å². The number of likely N-dealkylation sites (N-methyl/N-ethyl adjacent to an activating group) is 3. The lowest BCUT2D eigenvalue weighted by Gasteiger charge is -2.34. The number of rotatable bonds is 9. The number of fused-ring (bicyclic) bond motifs is 1. The van der Waals surface area contributed by atoms with Crippen molar-refractivity contribution in [3.8, 4) is 0 Å². The van der Waals surface area contributed by atoms with Crippen LogP contribution >= 0.6 is 0 Å². The van der Waals surface area contributed by atoms with Crippen LogP contribution in [0.5, 0.6) is 0 Å². The molecule has 204 valence electrons. The van der Waals surface area contributed by atoms with Crippen molar-refractivity contribution in [3.63, 3.8) is 0 Å². The van der Waals surface area contributed by atoms with Crippen LogP contribution in [0.15, 0.2) is 84.4 Å². The van der Waals surface area contributed by atoms with E-state index in [0.717, 1.165) is 53.4 Å². The van der Waals surface area contributed by atoms with E-state index in [4.69, 9.17) is 0 Å². The maximum Gasteiger partial charge on any atom is 0.246 e. The molecule has 0 spiro atoms. The molecule has 0 bridgehead atoms. The highest BCUT2D eigenvalue weighted by molar-refractivity contribution is 5.95. The van der Waals surface area contributed by atoms with Crippen molar-refractivity contribution in [2.24, 2.45) is 0 Å². The SMILES string of the molecule is CNC(=O)C(Cc1ccccc1)N(C)C(=O)C(Cc1ccc2ccccc2c1)N(C)C(=O)C=C1CCNCC1. The number of nitrogens with zero attached hydrogens (tertiary/aromatic N) is 2. The van der Waals surface area contributed by atoms with Crippen LogP contribution in [0.25, 0.3) is 10.8 Å². The van der Waals surface area contributed by atoms with E-state index in [1.165, 1.54) is 9.80 Å². The quantitative estimate of drug-likeness (QED) is 0.419. The largest absolute Gasteiger partial charge is 0.357 e. The van der Waals surface area contributed by atoms with Crippen LogP contribution < -0.4 is 10.6 Å². The smallest absolute Gasteiger partial charge is 0.246 e. The summed E-state index contributed by atoms with van der Waals surface area (Å²) >= 11 is 0. The predicted octanol–water partition coefficient (Wildman–Crippen LogP) is 3.33. The van der Waals surface area contributed by atoms with Crippen molar-refractivity contribution in [2.75, 3.05) is 34.2 Å². The molecule has 1 heterocycles. The number of amides is 3. The Morgan fingerprint density at radius 1 is 0.821 bits per heavy atom. The van der Waals surface area contributed by atoms with E-state index < -0.39 is 12.1 Å². The fourth-order valence-corrected chi connectivity index (χ4v) is 5.10. The fourth-order valence-electron chi connectivity index (χ4n) is 5.10. The highest BCUT2D eigenvalue weighted by Crippen LogP contribution is 2.20. The van der Waals surface area contributed by atoms with Crippen LogP contribution in [0.1, 0.15) is 24.0 Å². The summed E-state index contributed by atoms with van der Waals surface area (Å²) in [5.41, 5.74) is 2.99. The molecule has 0 saturated carbocycles. The van der Waals surface area contributed by atoms with Gasteiger partial charge in [-0.25, -0.2) is 0 Å². The Kier molecular flexibility index (Phi) is 9.49. The average molecular weight is 527 g/mol. The van der Waals surface area contributed by atoms with Gasteiger partial charge in [0.2, 0.25) is 17.7 Å². The van der Waals surface area contributed by atoms with Gasteiger partial charge in [-0.3, -0.25) is 14.4 Å². The lowest BCUT2D eigenvalue weighted by Crippen LogP contribution is -2.55. The maximum atomic E-state index is 14.1. The van der Waals surface area contributed by atoms with Crippen LogP contribution in [0, 0.1) is 0 Å². The Labute approximate surface area is 230 Å². The molecule has 0 radical (unpaired) electrons. The minimum absolute atomic E-state index is 0.195. The summed E-state index contributed by atoms with van der Waals surface area (Å²) in [6, 6.07) is 22.4. The third kappa shape index (κ3) is 7.12. The highest BCUT2D eigenvalue weighted by atomic mass is 16.2. The lowest BCUT2D eigenvalue weighted by atomic mass is 9.98. The second kappa shape index (κ2) is 13.2. The van der Waals surface area contributed by atoms with Gasteiger partial charge < -0.3 is 20.4 Å². The number of carbonyl (C=O) groups is 3. The molecule has 0 aromatic heterocycles. The average Bonchev–Trinajstić information content (AvgIpc) is 2.98. The molecule has 7 nitrogen and oxygen atoms in total. The van der Waals surface area contributed by atoms with E-state index >= 15 is 0 Å². The van der Waals surface area contributed by atoms with Gasteiger partial charge in [0.25, 0.3) is 0 Å². The minimum atomic E-state index is -0.773. The molecule has 1 aliphatic rings. The number of benzene rings is 3. The standard InChI is InChI=1S/C32H38N4O3/c1-33-31(38)28(20-23-9-5-4-6-10-23)36(3)32(39)29(35(2)30(37)22-24-15-17-34-18-16-24)21-25-13-14-26-11-7-8-12-27(26)19-25/h4-14,19,22,28-29,34H,15-18,20-21H2,1-3H3,(H,33,38). The van der Waals surface area contributed by atoms with Gasteiger partial charge in [-0.05, 0) is 47.8 Å². The lowest BCUT2D eigenvalue weighted by molar-refractivity contribution is -0.146. The van der Waals surface area contributed by atoms with E-state index in [2.05, 4.69) is 16.7 Å². The van der Waals surface area contributed by atoms with Gasteiger partial charge in [-0.15, -0.1) is 0 Å². The molecule has 39 heavy (non-hydrogen) atoms. The van der Waals surface area contributed by atoms with Gasteiger partial charge in [0, 0.05) is 40.1 Å². The van der Waals surface area contributed by atoms with Crippen LogP contribution in [0.3, 0.4) is 0 Å². The Balaban J connectivity index is 1.64. The second-order valence-electron chi connectivity index (χ2n) is 10.2. The Bertz CT molecular complexity index is 1330. The first kappa shape index (κ1) is 28.0. The van der Waals surface area contributed by atoms with Crippen molar-refractivity contribution in [2.45, 2.75) is 37.8 Å². The van der Waals surface area contributed by atoms with Gasteiger partial charge in [-0.2, -0.15) is 0 Å². The molecule has 1 aliphatic heterocycles. The van der Waals surface area contributed by atoms with Crippen molar-refractivity contribution in [3.05, 3.63) is 95.6 Å². The van der Waals surface area contributed by atoms with Gasteiger partial charge in [0.1, 0.15) is 12.1 Å². The van der Waals surface area contributed by atoms with Crippen molar-refractivity contribution in [1.82, 2.24) is 20.4 Å². The Hall–Kier alpha value is -3.97. The second-order valence-corrected chi connectivity index (χ2v) is 10.2. The molecule has 7 heteroatoms. The van der Waals surface area contributed by atoms with Crippen LogP contribution in [-0.2, 0) is 27.2 Å². The Morgan fingerprint density at radius 2 is 1.46 bits per heavy atom. The van der Waals surface area contributed by atoms with E-state index in [1.54, 1.807) is 27.2 Å². The summed E-state index contributed by atoms with van der Waals surface area (Å²) in [5, 5.41) is 8.20. The third-order valence-corrected chi connectivity index (χ3v) is 7.55. The zero-order chi connectivity index (χ0) is 27.8. The summed E-state index contributed by atoms with van der Waals surface area (Å²) in [6.45, 7) is 1.69. The highest BCUT2D eigenvalue weighted by Gasteiger charge is 2.34. The molecule has 3 amide bonds. The Morgan fingerprint density at radius 3 is 2.15 bits per heavy atom. The molecule has 2 atom stereocenters. The van der Waals surface area contributed by atoms with E-state index in [-0.39, 0.29) is 17.7 Å². The van der Waals surface area contributed by atoms with Crippen molar-refractivity contribution in [1.29, 1.82) is 0 Å². The van der Waals surface area contributed by atoms with Gasteiger partial charge in [0.05, 0.1) is 0 Å². The summed E-state index contributed by atoms with van der Waals surface area (Å²) < 4.78 is 0. The summed E-state index contributed by atoms with van der Waals surface area (Å²) in [5.74, 6) is -0.712. The molecular weight excluding hydrogens is 488 g/mol. The molecule has 1 fully saturated rings. The number of hydrogen-bond donors (Lipinski definition) is 2. The zero-order valence-corrected chi connectivity index (χ0v) is 23.0. The van der Waals surface area contributed by atoms with Gasteiger partial charge >= 0.3 is 0 Å². The van der Waals surface area contributed by atoms with Crippen LogP contribution in [0.2, 0.25) is 0 Å². The zero-order valence-electron chi connectivity index (χ0n) is 23.0. The minimum Gasteiger partial charge on any atom is -0.357 e. The molecule has 1 saturated heterocycles. The third-order valence-electron chi connectivity index (χ3n) is 7.55. The van der Waals surface area contributed by atoms with Crippen molar-refractivity contribution >= 4 is 28.5 Å². The first-order chi connectivity index (χ1) is 18.9. The van der Waals surface area contributed by atoms with Crippen molar-refractivity contribution < 1.29 is 14.4 Å². The van der Waals surface area contributed by atoms with Crippen LogP contribution in [-0.4, -0.2) is 73.8 Å². The number of carbonyl (C=O) groups excluding carboxylic acids is 3. The molecule has 0 aliphatic carbocycles. The van der Waals surface area contributed by atoms with E-state index in [9.17, 15) is 14.4 Å². The normalized spacial score (nSPS) is 14.8. The van der Waals surface area contributed by atoms with Crippen LogP contribution in [0.4, 0.5) is 0 Å². The molecule has 4 rings (SSSR count). The first-order valence-corrected chi connectivity index (χ1v) is 13.5. The molecule has 2 N–H and O–H groups in total.